The maximum absolute atomic E-state index is 7.25. The molecule has 0 spiro atoms. The van der Waals surface area contributed by atoms with E-state index in [4.69, 9.17) is 8.83 Å². The molecule has 0 N–H and O–H groups in total. The van der Waals surface area contributed by atoms with Crippen molar-refractivity contribution in [2.24, 2.45) is 0 Å². The summed E-state index contributed by atoms with van der Waals surface area (Å²) < 4.78 is 14.5. The van der Waals surface area contributed by atoms with E-state index in [1.54, 1.807) is 0 Å². The number of para-hydroxylation sites is 6. The number of anilines is 6. The SMILES string of the molecule is CC(C)c1cc(N(c2ccccc2)c2cccc3c2oc2c(C4CCCC4)cccc23)c2ccc3c(C(C)C)cc(N(c4ccccc4)c4cccc5c4oc4c(C6CCCC6)cccc45)c4ccc1c2c34. The third kappa shape index (κ3) is 6.64. The van der Waals surface area contributed by atoms with Gasteiger partial charge in [-0.25, -0.2) is 0 Å². The zero-order valence-electron chi connectivity index (χ0n) is 41.8. The highest BCUT2D eigenvalue weighted by Gasteiger charge is 2.30. The smallest absolute Gasteiger partial charge is 0.159 e. The van der Waals surface area contributed by atoms with E-state index in [1.165, 1.54) is 117 Å². The molecule has 4 nitrogen and oxygen atoms in total. The fraction of sp³-hybridized carbons (Fsp3) is 0.235. The second-order valence-electron chi connectivity index (χ2n) is 21.6. The number of hydrogen-bond acceptors (Lipinski definition) is 4. The minimum atomic E-state index is 0.256. The Morgan fingerprint density at radius 3 is 1.10 bits per heavy atom. The van der Waals surface area contributed by atoms with Crippen LogP contribution in [0.1, 0.15) is 125 Å². The fourth-order valence-corrected chi connectivity index (χ4v) is 13.4. The van der Waals surface area contributed by atoms with Crippen LogP contribution in [0.15, 0.2) is 179 Å². The zero-order valence-corrected chi connectivity index (χ0v) is 41.8. The van der Waals surface area contributed by atoms with Gasteiger partial charge in [-0.3, -0.25) is 0 Å². The lowest BCUT2D eigenvalue weighted by Gasteiger charge is -2.31. The van der Waals surface area contributed by atoms with Crippen LogP contribution in [0.5, 0.6) is 0 Å². The summed E-state index contributed by atoms with van der Waals surface area (Å²) in [6, 6.07) is 63.6. The lowest BCUT2D eigenvalue weighted by Crippen LogP contribution is -2.13. The first-order valence-corrected chi connectivity index (χ1v) is 26.8. The number of benzene rings is 10. The first kappa shape index (κ1) is 43.2. The molecule has 2 saturated carbocycles. The minimum Gasteiger partial charge on any atom is -0.454 e. The Balaban J connectivity index is 1.06. The maximum atomic E-state index is 7.25. The quantitative estimate of drug-likeness (QED) is 0.128. The van der Waals surface area contributed by atoms with E-state index in [-0.39, 0.29) is 11.8 Å². The molecule has 2 heterocycles. The van der Waals surface area contributed by atoms with Gasteiger partial charge in [-0.05, 0) is 142 Å². The highest BCUT2D eigenvalue weighted by atomic mass is 16.3. The first-order chi connectivity index (χ1) is 35.4. The standard InChI is InChI=1S/C68H60N2O2/c1-41(2)57-39-61(69(45-23-7-5-8-24-45)59-33-17-31-53-51-29-15-27-47(43-19-11-12-20-43)65(51)71-67(53)59)55-38-36-50-58(42(3)4)40-62(56-37-35-49(57)63(55)64(50)56)70(46-25-9-6-10-26-46)60-34-18-32-54-52-30-16-28-48(44-21-13-14-22-44)66(52)72-68(54)60/h5-10,15-18,23-44H,11-14,19-22H2,1-4H3. The van der Waals surface area contributed by atoms with Gasteiger partial charge in [0.25, 0.3) is 0 Å². The lowest BCUT2D eigenvalue weighted by atomic mass is 9.84. The van der Waals surface area contributed by atoms with E-state index in [1.807, 2.05) is 0 Å². The van der Waals surface area contributed by atoms with Crippen molar-refractivity contribution in [2.75, 3.05) is 9.80 Å². The van der Waals surface area contributed by atoms with Crippen LogP contribution < -0.4 is 9.80 Å². The first-order valence-electron chi connectivity index (χ1n) is 26.8. The summed E-state index contributed by atoms with van der Waals surface area (Å²) >= 11 is 0. The minimum absolute atomic E-state index is 0.256. The zero-order chi connectivity index (χ0) is 48.2. The monoisotopic (exact) mass is 936 g/mol. The number of hydrogen-bond donors (Lipinski definition) is 0. The van der Waals surface area contributed by atoms with Crippen molar-refractivity contribution in [3.8, 4) is 0 Å². The summed E-state index contributed by atoms with van der Waals surface area (Å²) in [6.07, 6.45) is 10.0. The van der Waals surface area contributed by atoms with Crippen LogP contribution >= 0.6 is 0 Å². The molecular formula is C68H60N2O2. The van der Waals surface area contributed by atoms with Crippen molar-refractivity contribution in [3.05, 3.63) is 192 Å². The van der Waals surface area contributed by atoms with Crippen molar-refractivity contribution >= 4 is 110 Å². The van der Waals surface area contributed by atoms with Crippen molar-refractivity contribution in [1.29, 1.82) is 0 Å². The third-order valence-corrected chi connectivity index (χ3v) is 16.8. The Labute approximate surface area is 421 Å². The van der Waals surface area contributed by atoms with Crippen LogP contribution in [0.25, 0.3) is 76.2 Å². The predicted molar refractivity (Wildman–Crippen MR) is 305 cm³/mol. The number of fused-ring (bicyclic) bond motifs is 6. The number of furan rings is 2. The molecule has 4 heteroatoms. The molecule has 14 rings (SSSR count). The highest BCUT2D eigenvalue weighted by molar-refractivity contribution is 6.30. The molecule has 2 fully saturated rings. The molecule has 2 aliphatic rings. The largest absolute Gasteiger partial charge is 0.454 e. The van der Waals surface area contributed by atoms with Crippen LogP contribution in [0.2, 0.25) is 0 Å². The van der Waals surface area contributed by atoms with Gasteiger partial charge < -0.3 is 18.6 Å². The van der Waals surface area contributed by atoms with Gasteiger partial charge in [0.15, 0.2) is 11.2 Å². The molecule has 0 aliphatic heterocycles. The molecule has 0 radical (unpaired) electrons. The van der Waals surface area contributed by atoms with E-state index < -0.39 is 0 Å². The molecule has 12 aromatic rings. The van der Waals surface area contributed by atoms with Crippen LogP contribution in [0, 0.1) is 0 Å². The van der Waals surface area contributed by atoms with Gasteiger partial charge in [0, 0.05) is 43.7 Å². The van der Waals surface area contributed by atoms with Crippen LogP contribution in [0.3, 0.4) is 0 Å². The molecule has 354 valence electrons. The van der Waals surface area contributed by atoms with Crippen molar-refractivity contribution in [1.82, 2.24) is 0 Å². The van der Waals surface area contributed by atoms with E-state index >= 15 is 0 Å². The van der Waals surface area contributed by atoms with Gasteiger partial charge in [0.1, 0.15) is 11.2 Å². The Kier molecular flexibility index (Phi) is 10.2. The van der Waals surface area contributed by atoms with E-state index in [2.05, 4.69) is 207 Å². The number of nitrogens with zero attached hydrogens (tertiary/aromatic N) is 2. The van der Waals surface area contributed by atoms with Gasteiger partial charge in [-0.2, -0.15) is 0 Å². The number of rotatable bonds is 10. The van der Waals surface area contributed by atoms with Gasteiger partial charge in [-0.1, -0.05) is 175 Å². The second-order valence-corrected chi connectivity index (χ2v) is 21.6. The summed E-state index contributed by atoms with van der Waals surface area (Å²) in [5.41, 5.74) is 15.9. The van der Waals surface area contributed by atoms with Crippen LogP contribution in [0.4, 0.5) is 34.1 Å². The fourth-order valence-electron chi connectivity index (χ4n) is 13.4. The maximum Gasteiger partial charge on any atom is 0.159 e. The predicted octanol–water partition coefficient (Wildman–Crippen LogP) is 20.9. The molecule has 0 atom stereocenters. The Morgan fingerprint density at radius 1 is 0.347 bits per heavy atom. The van der Waals surface area contributed by atoms with Crippen molar-refractivity contribution < 1.29 is 8.83 Å². The Hall–Kier alpha value is -7.56. The summed E-state index contributed by atoms with van der Waals surface area (Å²) in [5.74, 6) is 1.58. The molecule has 2 aromatic heterocycles. The normalized spacial score (nSPS) is 14.9. The van der Waals surface area contributed by atoms with E-state index in [0.29, 0.717) is 11.8 Å². The van der Waals surface area contributed by atoms with Crippen molar-refractivity contribution in [3.63, 3.8) is 0 Å². The summed E-state index contributed by atoms with van der Waals surface area (Å²) in [4.78, 5) is 4.97. The molecular weight excluding hydrogens is 877 g/mol. The molecule has 2 aliphatic carbocycles. The summed E-state index contributed by atoms with van der Waals surface area (Å²) in [6.45, 7) is 9.40. The summed E-state index contributed by atoms with van der Waals surface area (Å²) in [7, 11) is 0. The van der Waals surface area contributed by atoms with Gasteiger partial charge >= 0.3 is 0 Å². The molecule has 0 amide bonds. The van der Waals surface area contributed by atoms with E-state index in [0.717, 1.165) is 67.2 Å². The molecule has 72 heavy (non-hydrogen) atoms. The van der Waals surface area contributed by atoms with Crippen LogP contribution in [-0.4, -0.2) is 0 Å². The Bertz CT molecular complexity index is 3750. The van der Waals surface area contributed by atoms with Crippen molar-refractivity contribution in [2.45, 2.75) is 103 Å². The second kappa shape index (κ2) is 17.1. The lowest BCUT2D eigenvalue weighted by molar-refractivity contribution is 0.643. The highest BCUT2D eigenvalue weighted by Crippen LogP contribution is 2.54. The van der Waals surface area contributed by atoms with Crippen LogP contribution in [-0.2, 0) is 0 Å². The summed E-state index contributed by atoms with van der Waals surface area (Å²) in [5, 5.41) is 12.3. The Morgan fingerprint density at radius 2 is 0.708 bits per heavy atom. The van der Waals surface area contributed by atoms with Gasteiger partial charge in [0.05, 0.1) is 22.7 Å². The molecule has 10 aromatic carbocycles. The molecule has 0 bridgehead atoms. The molecule has 0 saturated heterocycles. The average Bonchev–Trinajstić information content (AvgIpc) is 4.27. The van der Waals surface area contributed by atoms with Gasteiger partial charge in [0.2, 0.25) is 0 Å². The molecule has 0 unspecified atom stereocenters. The topological polar surface area (TPSA) is 32.8 Å². The van der Waals surface area contributed by atoms with E-state index in [9.17, 15) is 0 Å². The van der Waals surface area contributed by atoms with Gasteiger partial charge in [-0.15, -0.1) is 0 Å². The average molecular weight is 937 g/mol. The third-order valence-electron chi connectivity index (χ3n) is 16.8.